The van der Waals surface area contributed by atoms with Crippen molar-refractivity contribution >= 4 is 8.96 Å². The van der Waals surface area contributed by atoms with Gasteiger partial charge in [0.2, 0.25) is 0 Å². The fourth-order valence-electron chi connectivity index (χ4n) is 2.36. The predicted octanol–water partition coefficient (Wildman–Crippen LogP) is 4.78. The first-order valence-corrected chi connectivity index (χ1v) is 8.03. The number of rotatable bonds is 1. The Labute approximate surface area is 114 Å². The van der Waals surface area contributed by atoms with Gasteiger partial charge in [0.05, 0.1) is 8.96 Å². The normalized spacial score (nSPS) is 26.9. The lowest BCUT2D eigenvalue weighted by Crippen LogP contribution is -2.21. The monoisotopic (exact) mass is 267 g/mol. The molecule has 1 aromatic rings. The van der Waals surface area contributed by atoms with Gasteiger partial charge in [-0.2, -0.15) is 0 Å². The van der Waals surface area contributed by atoms with Crippen molar-refractivity contribution in [1.29, 1.82) is 0 Å². The molecule has 0 amide bonds. The van der Waals surface area contributed by atoms with Gasteiger partial charge in [-0.3, -0.25) is 4.67 Å². The minimum absolute atomic E-state index is 0.331. The summed E-state index contributed by atoms with van der Waals surface area (Å²) in [6, 6.07) is 11.3. The number of fused-ring (bicyclic) bond motifs is 1. The molecule has 0 saturated carbocycles. The van der Waals surface area contributed by atoms with Crippen LogP contribution in [0.4, 0.5) is 0 Å². The van der Waals surface area contributed by atoms with E-state index in [-0.39, 0.29) is 0 Å². The third-order valence-electron chi connectivity index (χ3n) is 3.07. The SMILES string of the molecule is CC.CC.c1ccc(C2OPN3CCCC23)cc1. The first kappa shape index (κ1) is 15.6. The van der Waals surface area contributed by atoms with Crippen LogP contribution < -0.4 is 0 Å². The topological polar surface area (TPSA) is 12.5 Å². The molecule has 0 N–H and O–H groups in total. The first-order valence-electron chi connectivity index (χ1n) is 7.18. The Morgan fingerprint density at radius 2 is 1.78 bits per heavy atom. The average Bonchev–Trinajstić information content (AvgIpc) is 3.07. The zero-order chi connectivity index (χ0) is 13.4. The Kier molecular flexibility index (Phi) is 7.50. The Morgan fingerprint density at radius 3 is 2.44 bits per heavy atom. The smallest absolute Gasteiger partial charge is 0.104 e. The molecule has 3 atom stereocenters. The molecule has 18 heavy (non-hydrogen) atoms. The van der Waals surface area contributed by atoms with Gasteiger partial charge in [0.1, 0.15) is 6.10 Å². The van der Waals surface area contributed by atoms with Crippen molar-refractivity contribution in [2.45, 2.75) is 52.7 Å². The molecule has 2 nitrogen and oxygen atoms in total. The maximum Gasteiger partial charge on any atom is 0.104 e. The van der Waals surface area contributed by atoms with E-state index in [0.717, 1.165) is 0 Å². The molecular weight excluding hydrogens is 241 g/mol. The van der Waals surface area contributed by atoms with Crippen LogP contribution in [0.1, 0.15) is 52.2 Å². The molecule has 2 saturated heterocycles. The quantitative estimate of drug-likeness (QED) is 0.679. The number of hydrogen-bond donors (Lipinski definition) is 0. The van der Waals surface area contributed by atoms with Crippen LogP contribution in [0.15, 0.2) is 30.3 Å². The highest BCUT2D eigenvalue weighted by Crippen LogP contribution is 2.48. The van der Waals surface area contributed by atoms with Crippen molar-refractivity contribution in [3.05, 3.63) is 35.9 Å². The van der Waals surface area contributed by atoms with Gasteiger partial charge in [-0.1, -0.05) is 58.0 Å². The second-order valence-electron chi connectivity index (χ2n) is 3.94. The first-order chi connectivity index (χ1) is 8.95. The van der Waals surface area contributed by atoms with Crippen molar-refractivity contribution in [3.63, 3.8) is 0 Å². The predicted molar refractivity (Wildman–Crippen MR) is 81.0 cm³/mol. The second-order valence-corrected chi connectivity index (χ2v) is 4.94. The van der Waals surface area contributed by atoms with Crippen molar-refractivity contribution < 1.29 is 4.52 Å². The summed E-state index contributed by atoms with van der Waals surface area (Å²) in [7, 11) is 0.582. The summed E-state index contributed by atoms with van der Waals surface area (Å²) in [5.41, 5.74) is 1.34. The molecule has 0 aliphatic carbocycles. The van der Waals surface area contributed by atoms with E-state index < -0.39 is 0 Å². The van der Waals surface area contributed by atoms with E-state index in [1.54, 1.807) is 0 Å². The molecule has 1 aromatic carbocycles. The third-order valence-corrected chi connectivity index (χ3v) is 4.22. The molecule has 3 unspecified atom stereocenters. The van der Waals surface area contributed by atoms with E-state index in [4.69, 9.17) is 4.52 Å². The highest BCUT2D eigenvalue weighted by molar-refractivity contribution is 7.29. The van der Waals surface area contributed by atoms with Gasteiger partial charge in [0.15, 0.2) is 0 Å². The third kappa shape index (κ3) is 3.54. The standard InChI is InChI=1S/C11H14NOP.2C2H6/c1-2-5-9(6-3-1)11-10-7-4-8-12(10)14-13-11;2*1-2/h1-3,5-6,10-11,14H,4,7-8H2;2*1-2H3. The Morgan fingerprint density at radius 1 is 1.11 bits per heavy atom. The van der Waals surface area contributed by atoms with E-state index >= 15 is 0 Å². The minimum Gasteiger partial charge on any atom is -0.337 e. The molecule has 2 heterocycles. The molecule has 0 spiro atoms. The molecular formula is C15H26NOP. The Hall–Kier alpha value is -0.430. The largest absolute Gasteiger partial charge is 0.337 e. The van der Waals surface area contributed by atoms with Crippen LogP contribution in [0.25, 0.3) is 0 Å². The van der Waals surface area contributed by atoms with Gasteiger partial charge >= 0.3 is 0 Å². The molecule has 0 aromatic heterocycles. The van der Waals surface area contributed by atoms with Crippen molar-refractivity contribution in [1.82, 2.24) is 4.67 Å². The second kappa shape index (κ2) is 8.63. The zero-order valence-electron chi connectivity index (χ0n) is 12.0. The molecule has 3 heteroatoms. The summed E-state index contributed by atoms with van der Waals surface area (Å²) in [5.74, 6) is 0. The lowest BCUT2D eigenvalue weighted by Gasteiger charge is -2.17. The van der Waals surface area contributed by atoms with Gasteiger partial charge in [-0.25, -0.2) is 0 Å². The van der Waals surface area contributed by atoms with Crippen molar-refractivity contribution in [2.75, 3.05) is 6.54 Å². The maximum atomic E-state index is 5.86. The fourth-order valence-corrected chi connectivity index (χ4v) is 3.55. The highest BCUT2D eigenvalue weighted by Gasteiger charge is 2.39. The highest BCUT2D eigenvalue weighted by atomic mass is 31.1. The van der Waals surface area contributed by atoms with Crippen LogP contribution in [0.2, 0.25) is 0 Å². The summed E-state index contributed by atoms with van der Waals surface area (Å²) >= 11 is 0. The van der Waals surface area contributed by atoms with E-state index in [1.165, 1.54) is 24.9 Å². The van der Waals surface area contributed by atoms with Crippen LogP contribution in [0.5, 0.6) is 0 Å². The van der Waals surface area contributed by atoms with Crippen LogP contribution >= 0.6 is 8.96 Å². The van der Waals surface area contributed by atoms with Crippen LogP contribution in [0, 0.1) is 0 Å². The van der Waals surface area contributed by atoms with Crippen molar-refractivity contribution in [3.8, 4) is 0 Å². The molecule has 2 aliphatic rings. The van der Waals surface area contributed by atoms with Crippen LogP contribution in [0.3, 0.4) is 0 Å². The lowest BCUT2D eigenvalue weighted by molar-refractivity contribution is 0.216. The van der Waals surface area contributed by atoms with Gasteiger partial charge in [0, 0.05) is 12.6 Å². The Balaban J connectivity index is 0.000000371. The number of nitrogens with zero attached hydrogens (tertiary/aromatic N) is 1. The van der Waals surface area contributed by atoms with Gasteiger partial charge in [-0.15, -0.1) is 0 Å². The van der Waals surface area contributed by atoms with E-state index in [1.807, 2.05) is 27.7 Å². The van der Waals surface area contributed by atoms with Crippen LogP contribution in [-0.4, -0.2) is 17.3 Å². The summed E-state index contributed by atoms with van der Waals surface area (Å²) in [5, 5.41) is 0. The van der Waals surface area contributed by atoms with Gasteiger partial charge in [0.25, 0.3) is 0 Å². The van der Waals surface area contributed by atoms with Crippen molar-refractivity contribution in [2.24, 2.45) is 0 Å². The van der Waals surface area contributed by atoms with E-state index in [0.29, 0.717) is 21.1 Å². The lowest BCUT2D eigenvalue weighted by atomic mass is 10.0. The summed E-state index contributed by atoms with van der Waals surface area (Å²) < 4.78 is 8.34. The fraction of sp³-hybridized carbons (Fsp3) is 0.600. The summed E-state index contributed by atoms with van der Waals surface area (Å²) in [6.07, 6.45) is 2.97. The van der Waals surface area contributed by atoms with E-state index in [9.17, 15) is 0 Å². The Bertz CT molecular complexity index is 318. The minimum atomic E-state index is 0.331. The summed E-state index contributed by atoms with van der Waals surface area (Å²) in [4.78, 5) is 0. The molecule has 3 rings (SSSR count). The van der Waals surface area contributed by atoms with Gasteiger partial charge in [-0.05, 0) is 18.4 Å². The average molecular weight is 267 g/mol. The maximum absolute atomic E-state index is 5.86. The van der Waals surface area contributed by atoms with Gasteiger partial charge < -0.3 is 4.52 Å². The molecule has 0 radical (unpaired) electrons. The molecule has 0 bridgehead atoms. The number of hydrogen-bond acceptors (Lipinski definition) is 2. The zero-order valence-corrected chi connectivity index (χ0v) is 13.0. The van der Waals surface area contributed by atoms with E-state index in [2.05, 4.69) is 35.0 Å². The number of benzene rings is 1. The molecule has 2 fully saturated rings. The van der Waals surface area contributed by atoms with Crippen LogP contribution in [-0.2, 0) is 4.52 Å². The molecule has 2 aliphatic heterocycles. The molecule has 102 valence electrons. The summed E-state index contributed by atoms with van der Waals surface area (Å²) in [6.45, 7) is 9.23.